The molecule has 6 nitrogen and oxygen atoms in total. The Kier molecular flexibility index (Phi) is 2.69. The van der Waals surface area contributed by atoms with Crippen LogP contribution in [-0.4, -0.2) is 9.85 Å². The summed E-state index contributed by atoms with van der Waals surface area (Å²) in [4.78, 5) is 20.1. The van der Waals surface area contributed by atoms with Gasteiger partial charge in [0, 0.05) is 36.5 Å². The quantitative estimate of drug-likeness (QED) is 0.564. The van der Waals surface area contributed by atoms with E-state index in [1.165, 1.54) is 38.1 Å². The molecule has 0 atom stereocenters. The summed E-state index contributed by atoms with van der Waals surface area (Å²) in [6, 6.07) is 5.34. The number of nitro groups is 2. The number of hydrogen-bond acceptors (Lipinski definition) is 4. The van der Waals surface area contributed by atoms with Crippen molar-refractivity contribution in [1.29, 1.82) is 0 Å². The summed E-state index contributed by atoms with van der Waals surface area (Å²) >= 11 is 0. The predicted molar refractivity (Wildman–Crippen MR) is 53.1 cm³/mol. The first-order valence-electron chi connectivity index (χ1n) is 4.25. The molecule has 0 N–H and O–H groups in total. The monoisotopic (exact) mass is 210 g/mol. The van der Waals surface area contributed by atoms with E-state index in [9.17, 15) is 20.2 Å². The van der Waals surface area contributed by atoms with E-state index in [-0.39, 0.29) is 5.69 Å². The average Bonchev–Trinajstić information content (AvgIpc) is 2.17. The Morgan fingerprint density at radius 3 is 1.87 bits per heavy atom. The molecule has 0 unspecified atom stereocenters. The molecular weight excluding hydrogens is 200 g/mol. The standard InChI is InChI=1S/C9H10N2O4/c1-9(2,11(14)15)7-3-5-8(6-4-7)10(12)13/h3-6H,1-2H3. The van der Waals surface area contributed by atoms with Gasteiger partial charge in [0.25, 0.3) is 5.69 Å². The van der Waals surface area contributed by atoms with Crippen LogP contribution in [0.4, 0.5) is 5.69 Å². The van der Waals surface area contributed by atoms with Crippen LogP contribution >= 0.6 is 0 Å². The van der Waals surface area contributed by atoms with E-state index >= 15 is 0 Å². The third-order valence-electron chi connectivity index (χ3n) is 2.24. The zero-order valence-corrected chi connectivity index (χ0v) is 8.34. The summed E-state index contributed by atoms with van der Waals surface area (Å²) in [5.74, 6) is 0. The fourth-order valence-electron chi connectivity index (χ4n) is 1.10. The van der Waals surface area contributed by atoms with Crippen LogP contribution in [0.1, 0.15) is 19.4 Å². The highest BCUT2D eigenvalue weighted by molar-refractivity contribution is 5.34. The van der Waals surface area contributed by atoms with Gasteiger partial charge in [-0.05, 0) is 12.1 Å². The molecule has 0 aromatic heterocycles. The van der Waals surface area contributed by atoms with Gasteiger partial charge in [-0.2, -0.15) is 0 Å². The maximum Gasteiger partial charge on any atom is 0.269 e. The second kappa shape index (κ2) is 3.64. The fraction of sp³-hybridized carbons (Fsp3) is 0.333. The lowest BCUT2D eigenvalue weighted by molar-refractivity contribution is -0.569. The molecule has 15 heavy (non-hydrogen) atoms. The Balaban J connectivity index is 3.09. The number of nitro benzene ring substituents is 1. The lowest BCUT2D eigenvalue weighted by atomic mass is 9.95. The van der Waals surface area contributed by atoms with Crippen molar-refractivity contribution in [2.45, 2.75) is 19.4 Å². The molecule has 0 saturated heterocycles. The van der Waals surface area contributed by atoms with Crippen LogP contribution in [0.3, 0.4) is 0 Å². The third-order valence-corrected chi connectivity index (χ3v) is 2.24. The van der Waals surface area contributed by atoms with Crippen molar-refractivity contribution >= 4 is 5.69 Å². The van der Waals surface area contributed by atoms with Gasteiger partial charge in [0.1, 0.15) is 0 Å². The van der Waals surface area contributed by atoms with Gasteiger partial charge in [-0.25, -0.2) is 0 Å². The predicted octanol–water partition coefficient (Wildman–Crippen LogP) is 2.11. The highest BCUT2D eigenvalue weighted by Gasteiger charge is 2.33. The third kappa shape index (κ3) is 2.09. The Hall–Kier alpha value is -1.98. The second-order valence-corrected chi connectivity index (χ2v) is 3.62. The van der Waals surface area contributed by atoms with E-state index in [4.69, 9.17) is 0 Å². The molecule has 0 spiro atoms. The van der Waals surface area contributed by atoms with Crippen LogP contribution < -0.4 is 0 Å². The Morgan fingerprint density at radius 2 is 1.53 bits per heavy atom. The molecule has 1 aromatic rings. The number of benzene rings is 1. The molecule has 1 aromatic carbocycles. The number of rotatable bonds is 3. The van der Waals surface area contributed by atoms with Gasteiger partial charge in [-0.1, -0.05) is 0 Å². The average molecular weight is 210 g/mol. The van der Waals surface area contributed by atoms with Crippen molar-refractivity contribution in [3.63, 3.8) is 0 Å². The van der Waals surface area contributed by atoms with Gasteiger partial charge in [-0.3, -0.25) is 20.2 Å². The van der Waals surface area contributed by atoms with Gasteiger partial charge in [-0.15, -0.1) is 0 Å². The highest BCUT2D eigenvalue weighted by atomic mass is 16.6. The Morgan fingerprint density at radius 1 is 1.07 bits per heavy atom. The van der Waals surface area contributed by atoms with Gasteiger partial charge >= 0.3 is 0 Å². The zero-order chi connectivity index (χ0) is 11.6. The molecule has 0 aliphatic heterocycles. The fourth-order valence-corrected chi connectivity index (χ4v) is 1.10. The van der Waals surface area contributed by atoms with Crippen LogP contribution in [0, 0.1) is 20.2 Å². The van der Waals surface area contributed by atoms with E-state index in [1.54, 1.807) is 0 Å². The SMILES string of the molecule is CC(C)(c1ccc([N+](=O)[O-])cc1)[N+](=O)[O-]. The van der Waals surface area contributed by atoms with Crippen molar-refractivity contribution in [1.82, 2.24) is 0 Å². The molecule has 1 rings (SSSR count). The van der Waals surface area contributed by atoms with Crippen molar-refractivity contribution in [2.24, 2.45) is 0 Å². The zero-order valence-electron chi connectivity index (χ0n) is 8.34. The molecule has 0 bridgehead atoms. The summed E-state index contributed by atoms with van der Waals surface area (Å²) in [6.45, 7) is 2.91. The highest BCUT2D eigenvalue weighted by Crippen LogP contribution is 2.25. The van der Waals surface area contributed by atoms with Crippen LogP contribution in [0.25, 0.3) is 0 Å². The van der Waals surface area contributed by atoms with E-state index in [0.717, 1.165) is 0 Å². The van der Waals surface area contributed by atoms with Crippen LogP contribution in [0.15, 0.2) is 24.3 Å². The first-order valence-corrected chi connectivity index (χ1v) is 4.25. The first kappa shape index (κ1) is 11.1. The van der Waals surface area contributed by atoms with E-state index in [2.05, 4.69) is 0 Å². The molecular formula is C9H10N2O4. The summed E-state index contributed by atoms with van der Waals surface area (Å²) in [5.41, 5.74) is -0.856. The minimum atomic E-state index is -1.23. The van der Waals surface area contributed by atoms with Gasteiger partial charge in [0.15, 0.2) is 0 Å². The molecule has 0 aliphatic rings. The van der Waals surface area contributed by atoms with Crippen molar-refractivity contribution < 1.29 is 9.85 Å². The molecule has 6 heteroatoms. The number of non-ortho nitro benzene ring substituents is 1. The van der Waals surface area contributed by atoms with Crippen molar-refractivity contribution in [3.8, 4) is 0 Å². The summed E-state index contributed by atoms with van der Waals surface area (Å²) < 4.78 is 0. The Labute approximate surface area is 85.8 Å². The smallest absolute Gasteiger partial charge is 0.264 e. The normalized spacial score (nSPS) is 11.1. The largest absolute Gasteiger partial charge is 0.269 e. The summed E-state index contributed by atoms with van der Waals surface area (Å²) in [7, 11) is 0. The maximum atomic E-state index is 10.7. The first-order chi connectivity index (χ1) is 6.85. The second-order valence-electron chi connectivity index (χ2n) is 3.62. The lowest BCUT2D eigenvalue weighted by Crippen LogP contribution is -2.27. The van der Waals surface area contributed by atoms with Gasteiger partial charge in [0.2, 0.25) is 5.54 Å². The number of hydrogen-bond donors (Lipinski definition) is 0. The van der Waals surface area contributed by atoms with Gasteiger partial charge < -0.3 is 0 Å². The molecule has 80 valence electrons. The molecule has 0 heterocycles. The number of nitrogens with zero attached hydrogens (tertiary/aromatic N) is 2. The maximum absolute atomic E-state index is 10.7. The van der Waals surface area contributed by atoms with E-state index in [1.807, 2.05) is 0 Å². The van der Waals surface area contributed by atoms with Crippen molar-refractivity contribution in [3.05, 3.63) is 50.1 Å². The van der Waals surface area contributed by atoms with Crippen LogP contribution in [0.5, 0.6) is 0 Å². The molecule has 0 amide bonds. The van der Waals surface area contributed by atoms with Crippen LogP contribution in [0.2, 0.25) is 0 Å². The van der Waals surface area contributed by atoms with E-state index < -0.39 is 15.4 Å². The van der Waals surface area contributed by atoms with Crippen molar-refractivity contribution in [2.75, 3.05) is 0 Å². The molecule has 0 aliphatic carbocycles. The molecule has 0 radical (unpaired) electrons. The van der Waals surface area contributed by atoms with E-state index in [0.29, 0.717) is 5.56 Å². The minimum absolute atomic E-state index is 0.0714. The summed E-state index contributed by atoms with van der Waals surface area (Å²) in [6.07, 6.45) is 0. The molecule has 0 fully saturated rings. The topological polar surface area (TPSA) is 86.3 Å². The molecule has 0 saturated carbocycles. The minimum Gasteiger partial charge on any atom is -0.264 e. The Bertz CT molecular complexity index is 397. The summed E-state index contributed by atoms with van der Waals surface area (Å²) in [5, 5.41) is 21.1. The lowest BCUT2D eigenvalue weighted by Gasteiger charge is -2.15. The van der Waals surface area contributed by atoms with Crippen LogP contribution in [-0.2, 0) is 5.54 Å². The van der Waals surface area contributed by atoms with Gasteiger partial charge in [0.05, 0.1) is 4.92 Å².